The summed E-state index contributed by atoms with van der Waals surface area (Å²) in [6, 6.07) is 0. The molecule has 1 aromatic heterocycles. The number of aliphatic hydroxyl groups is 3. The van der Waals surface area contributed by atoms with Crippen LogP contribution in [0.2, 0.25) is 0 Å². The molecule has 8 nitrogen and oxygen atoms in total. The van der Waals surface area contributed by atoms with Gasteiger partial charge in [0.2, 0.25) is 0 Å². The minimum absolute atomic E-state index is 0.0801. The Morgan fingerprint density at radius 1 is 1.17 bits per heavy atom. The van der Waals surface area contributed by atoms with Crippen LogP contribution in [0.15, 0.2) is 15.8 Å². The fourth-order valence-electron chi connectivity index (χ4n) is 3.50. The van der Waals surface area contributed by atoms with E-state index in [-0.39, 0.29) is 5.92 Å². The number of aliphatic hydroxyl groups excluding tert-OH is 3. The smallest absolute Gasteiger partial charge is 0.330 e. The van der Waals surface area contributed by atoms with E-state index in [4.69, 9.17) is 9.84 Å². The Kier molecular flexibility index (Phi) is 4.67. The number of rotatable bonds is 3. The van der Waals surface area contributed by atoms with Crippen molar-refractivity contribution in [2.24, 2.45) is 0 Å². The van der Waals surface area contributed by atoms with E-state index in [1.54, 1.807) is 0 Å². The van der Waals surface area contributed by atoms with Crippen LogP contribution in [0.3, 0.4) is 0 Å². The van der Waals surface area contributed by atoms with E-state index >= 15 is 0 Å². The average molecular weight is 326 g/mol. The van der Waals surface area contributed by atoms with E-state index in [0.29, 0.717) is 5.56 Å². The van der Waals surface area contributed by atoms with Gasteiger partial charge in [0.05, 0.1) is 6.61 Å². The van der Waals surface area contributed by atoms with E-state index in [1.165, 1.54) is 6.20 Å². The van der Waals surface area contributed by atoms with Crippen molar-refractivity contribution in [2.45, 2.75) is 62.6 Å². The molecular formula is C15H22N2O6. The van der Waals surface area contributed by atoms with Gasteiger partial charge in [0.25, 0.3) is 5.56 Å². The summed E-state index contributed by atoms with van der Waals surface area (Å²) in [5, 5.41) is 29.0. The molecule has 0 spiro atoms. The van der Waals surface area contributed by atoms with Gasteiger partial charge in [-0.1, -0.05) is 19.3 Å². The van der Waals surface area contributed by atoms with E-state index in [2.05, 4.69) is 4.98 Å². The Morgan fingerprint density at radius 2 is 1.87 bits per heavy atom. The summed E-state index contributed by atoms with van der Waals surface area (Å²) in [6.45, 7) is -0.470. The van der Waals surface area contributed by atoms with Crippen molar-refractivity contribution in [3.63, 3.8) is 0 Å². The van der Waals surface area contributed by atoms with Crippen molar-refractivity contribution in [3.8, 4) is 0 Å². The number of nitrogens with one attached hydrogen (secondary N) is 1. The highest BCUT2D eigenvalue weighted by Gasteiger charge is 2.44. The maximum Gasteiger partial charge on any atom is 0.330 e. The summed E-state index contributed by atoms with van der Waals surface area (Å²) in [5.41, 5.74) is -0.615. The highest BCUT2D eigenvalue weighted by molar-refractivity contribution is 5.13. The molecule has 0 amide bonds. The summed E-state index contributed by atoms with van der Waals surface area (Å²) in [4.78, 5) is 26.5. The quantitative estimate of drug-likeness (QED) is 0.576. The van der Waals surface area contributed by atoms with Crippen LogP contribution in [0.25, 0.3) is 0 Å². The van der Waals surface area contributed by atoms with Gasteiger partial charge in [-0.2, -0.15) is 0 Å². The summed E-state index contributed by atoms with van der Waals surface area (Å²) in [5.74, 6) is 0.0801. The fourth-order valence-corrected chi connectivity index (χ4v) is 3.50. The first-order chi connectivity index (χ1) is 11.0. The number of hydrogen-bond donors (Lipinski definition) is 4. The molecule has 4 atom stereocenters. The maximum absolute atomic E-state index is 12.1. The summed E-state index contributed by atoms with van der Waals surface area (Å²) < 4.78 is 6.48. The third-order valence-corrected chi connectivity index (χ3v) is 4.83. The highest BCUT2D eigenvalue weighted by Crippen LogP contribution is 2.32. The van der Waals surface area contributed by atoms with Gasteiger partial charge >= 0.3 is 5.69 Å². The van der Waals surface area contributed by atoms with Crippen molar-refractivity contribution >= 4 is 0 Å². The molecular weight excluding hydrogens is 304 g/mol. The minimum atomic E-state index is -1.35. The molecule has 1 aliphatic heterocycles. The minimum Gasteiger partial charge on any atom is -0.394 e. The third kappa shape index (κ3) is 2.99. The van der Waals surface area contributed by atoms with Gasteiger partial charge < -0.3 is 20.1 Å². The second kappa shape index (κ2) is 6.56. The van der Waals surface area contributed by atoms with E-state index < -0.39 is 42.4 Å². The zero-order valence-corrected chi connectivity index (χ0v) is 12.7. The Bertz CT molecular complexity index is 663. The Morgan fingerprint density at radius 3 is 2.48 bits per heavy atom. The largest absolute Gasteiger partial charge is 0.394 e. The van der Waals surface area contributed by atoms with Crippen LogP contribution in [-0.2, 0) is 4.74 Å². The Hall–Kier alpha value is -1.48. The summed E-state index contributed by atoms with van der Waals surface area (Å²) in [6.07, 6.45) is 1.68. The van der Waals surface area contributed by atoms with Crippen LogP contribution in [0.4, 0.5) is 0 Å². The molecule has 0 aromatic carbocycles. The number of nitrogens with zero attached hydrogens (tertiary/aromatic N) is 1. The summed E-state index contributed by atoms with van der Waals surface area (Å²) in [7, 11) is 0. The number of H-pyrrole nitrogens is 1. The first kappa shape index (κ1) is 16.4. The van der Waals surface area contributed by atoms with Crippen molar-refractivity contribution in [2.75, 3.05) is 6.61 Å². The number of aromatic amines is 1. The molecule has 0 bridgehead atoms. The zero-order chi connectivity index (χ0) is 16.6. The van der Waals surface area contributed by atoms with Gasteiger partial charge in [0, 0.05) is 11.8 Å². The average Bonchev–Trinajstić information content (AvgIpc) is 2.84. The van der Waals surface area contributed by atoms with Crippen LogP contribution < -0.4 is 11.2 Å². The monoisotopic (exact) mass is 326 g/mol. The molecule has 8 heteroatoms. The molecule has 1 aliphatic carbocycles. The van der Waals surface area contributed by atoms with Gasteiger partial charge in [-0.3, -0.25) is 14.3 Å². The number of ether oxygens (including phenoxy) is 1. The molecule has 1 saturated carbocycles. The lowest BCUT2D eigenvalue weighted by Gasteiger charge is -2.23. The van der Waals surface area contributed by atoms with E-state index in [9.17, 15) is 19.8 Å². The highest BCUT2D eigenvalue weighted by atomic mass is 16.6. The number of aromatic nitrogens is 2. The third-order valence-electron chi connectivity index (χ3n) is 4.83. The van der Waals surface area contributed by atoms with Crippen LogP contribution >= 0.6 is 0 Å². The van der Waals surface area contributed by atoms with Crippen LogP contribution in [0.1, 0.15) is 49.8 Å². The van der Waals surface area contributed by atoms with Gasteiger partial charge in [0.1, 0.15) is 18.3 Å². The van der Waals surface area contributed by atoms with Crippen molar-refractivity contribution in [1.82, 2.24) is 9.55 Å². The molecule has 2 fully saturated rings. The molecule has 4 N–H and O–H groups in total. The molecule has 23 heavy (non-hydrogen) atoms. The predicted molar refractivity (Wildman–Crippen MR) is 80.2 cm³/mol. The van der Waals surface area contributed by atoms with Gasteiger partial charge in [-0.05, 0) is 18.8 Å². The Balaban J connectivity index is 1.96. The SMILES string of the molecule is O=c1[nH]c(=O)n([C@@H]2O[C@H](CO)[C@@H](O)[C@@H]2O)cc1C1CCCCC1. The second-order valence-corrected chi connectivity index (χ2v) is 6.31. The molecule has 0 unspecified atom stereocenters. The van der Waals surface area contributed by atoms with Gasteiger partial charge in [-0.25, -0.2) is 4.79 Å². The van der Waals surface area contributed by atoms with E-state index in [0.717, 1.165) is 36.7 Å². The lowest BCUT2D eigenvalue weighted by Crippen LogP contribution is -2.39. The van der Waals surface area contributed by atoms with Crippen LogP contribution in [0.5, 0.6) is 0 Å². The molecule has 0 radical (unpaired) electrons. The molecule has 3 rings (SSSR count). The molecule has 2 heterocycles. The fraction of sp³-hybridized carbons (Fsp3) is 0.733. The van der Waals surface area contributed by atoms with E-state index in [1.807, 2.05) is 0 Å². The lowest BCUT2D eigenvalue weighted by atomic mass is 9.85. The normalized spacial score (nSPS) is 32.3. The Labute approximate surface area is 132 Å². The first-order valence-electron chi connectivity index (χ1n) is 8.00. The standard InChI is InChI=1S/C15H22N2O6/c18-7-10-11(19)12(20)14(23-10)17-6-9(13(21)16-15(17)22)8-4-2-1-3-5-8/h6,8,10-12,14,18-20H,1-5,7H2,(H,16,21,22)/t10-,11-,12+,14-/m1/s1. The lowest BCUT2D eigenvalue weighted by molar-refractivity contribution is -0.0551. The van der Waals surface area contributed by atoms with Gasteiger partial charge in [-0.15, -0.1) is 0 Å². The van der Waals surface area contributed by atoms with Crippen molar-refractivity contribution in [3.05, 3.63) is 32.6 Å². The topological polar surface area (TPSA) is 125 Å². The van der Waals surface area contributed by atoms with Crippen LogP contribution in [-0.4, -0.2) is 49.8 Å². The molecule has 128 valence electrons. The van der Waals surface area contributed by atoms with Gasteiger partial charge in [0.15, 0.2) is 6.23 Å². The van der Waals surface area contributed by atoms with Crippen LogP contribution in [0, 0.1) is 0 Å². The van der Waals surface area contributed by atoms with Crippen molar-refractivity contribution < 1.29 is 20.1 Å². The zero-order valence-electron chi connectivity index (χ0n) is 12.7. The predicted octanol–water partition coefficient (Wildman–Crippen LogP) is -0.804. The molecule has 1 saturated heterocycles. The molecule has 2 aliphatic rings. The maximum atomic E-state index is 12.1. The summed E-state index contributed by atoms with van der Waals surface area (Å²) >= 11 is 0. The molecule has 1 aromatic rings. The van der Waals surface area contributed by atoms with Crippen molar-refractivity contribution in [1.29, 1.82) is 0 Å². The second-order valence-electron chi connectivity index (χ2n) is 6.31. The number of hydrogen-bond acceptors (Lipinski definition) is 6. The first-order valence-corrected chi connectivity index (χ1v) is 8.00.